The van der Waals surface area contributed by atoms with Gasteiger partial charge in [-0.25, -0.2) is 0 Å². The first kappa shape index (κ1) is 20.3. The molecule has 2 rings (SSSR count). The van der Waals surface area contributed by atoms with Gasteiger partial charge in [0.05, 0.1) is 12.6 Å². The summed E-state index contributed by atoms with van der Waals surface area (Å²) in [6.45, 7) is 5.98. The number of anilines is 3. The van der Waals surface area contributed by atoms with E-state index in [1.165, 1.54) is 0 Å². The molecule has 0 radical (unpaired) electrons. The molecule has 0 spiro atoms. The van der Waals surface area contributed by atoms with E-state index in [1.807, 2.05) is 49.4 Å². The van der Waals surface area contributed by atoms with Crippen molar-refractivity contribution in [2.45, 2.75) is 39.7 Å². The largest absolute Gasteiger partial charge is 0.491 e. The van der Waals surface area contributed by atoms with Crippen LogP contribution in [0.3, 0.4) is 0 Å². The molecule has 2 amide bonds. The van der Waals surface area contributed by atoms with E-state index < -0.39 is 0 Å². The van der Waals surface area contributed by atoms with E-state index in [-0.39, 0.29) is 24.5 Å². The topological polar surface area (TPSA) is 79.5 Å². The average Bonchev–Trinajstić information content (AvgIpc) is 2.66. The van der Waals surface area contributed by atoms with Crippen molar-refractivity contribution in [1.82, 2.24) is 0 Å². The van der Waals surface area contributed by atoms with E-state index in [4.69, 9.17) is 4.74 Å². The Balaban J connectivity index is 1.88. The fourth-order valence-corrected chi connectivity index (χ4v) is 2.31. The number of carbonyl (C=O) groups is 2. The number of nitrogens with one attached hydrogen (secondary N) is 3. The molecule has 0 aromatic heterocycles. The zero-order valence-corrected chi connectivity index (χ0v) is 16.0. The zero-order chi connectivity index (χ0) is 19.6. The molecule has 0 fully saturated rings. The van der Waals surface area contributed by atoms with E-state index in [9.17, 15) is 9.59 Å². The number of rotatable bonds is 9. The van der Waals surface area contributed by atoms with Crippen molar-refractivity contribution in [3.05, 3.63) is 48.5 Å². The van der Waals surface area contributed by atoms with Gasteiger partial charge < -0.3 is 20.7 Å². The predicted octanol–water partition coefficient (Wildman–Crippen LogP) is 4.26. The smallest absolute Gasteiger partial charge is 0.243 e. The molecule has 0 saturated heterocycles. The van der Waals surface area contributed by atoms with Gasteiger partial charge in [0.2, 0.25) is 11.8 Å². The van der Waals surface area contributed by atoms with Crippen LogP contribution < -0.4 is 20.7 Å². The maximum absolute atomic E-state index is 12.2. The molecule has 6 nitrogen and oxygen atoms in total. The molecule has 144 valence electrons. The Morgan fingerprint density at radius 2 is 1.56 bits per heavy atom. The number of amides is 2. The highest BCUT2D eigenvalue weighted by atomic mass is 16.5. The Bertz CT molecular complexity index is 777. The fraction of sp³-hybridized carbons (Fsp3) is 0.333. The van der Waals surface area contributed by atoms with Crippen molar-refractivity contribution < 1.29 is 14.3 Å². The van der Waals surface area contributed by atoms with Crippen LogP contribution in [0.4, 0.5) is 17.1 Å². The third kappa shape index (κ3) is 7.01. The van der Waals surface area contributed by atoms with Gasteiger partial charge in [-0.05, 0) is 43.7 Å². The monoisotopic (exact) mass is 369 g/mol. The first-order valence-corrected chi connectivity index (χ1v) is 9.20. The summed E-state index contributed by atoms with van der Waals surface area (Å²) in [7, 11) is 0. The quantitative estimate of drug-likeness (QED) is 0.617. The molecule has 6 heteroatoms. The summed E-state index contributed by atoms with van der Waals surface area (Å²) in [6, 6.07) is 14.6. The Kier molecular flexibility index (Phi) is 7.67. The molecule has 0 heterocycles. The third-order valence-corrected chi connectivity index (χ3v) is 3.95. The summed E-state index contributed by atoms with van der Waals surface area (Å²) < 4.78 is 5.77. The molecule has 1 unspecified atom stereocenters. The summed E-state index contributed by atoms with van der Waals surface area (Å²) in [6.07, 6.45) is 1.45. The van der Waals surface area contributed by atoms with E-state index in [1.54, 1.807) is 13.0 Å². The SMILES string of the molecule is CCC(=O)Nc1cccc(NCC(=O)Nc2cccc(OC(C)CC)c2)c1. The molecule has 27 heavy (non-hydrogen) atoms. The van der Waals surface area contributed by atoms with Crippen molar-refractivity contribution in [2.24, 2.45) is 0 Å². The second-order valence-corrected chi connectivity index (χ2v) is 6.25. The van der Waals surface area contributed by atoms with Gasteiger partial charge in [0.25, 0.3) is 0 Å². The van der Waals surface area contributed by atoms with E-state index in [0.717, 1.165) is 17.9 Å². The number of hydrogen-bond acceptors (Lipinski definition) is 4. The van der Waals surface area contributed by atoms with Gasteiger partial charge in [0.1, 0.15) is 5.75 Å². The maximum Gasteiger partial charge on any atom is 0.243 e. The highest BCUT2D eigenvalue weighted by Gasteiger charge is 2.06. The molecule has 0 bridgehead atoms. The number of benzene rings is 2. The minimum absolute atomic E-state index is 0.0515. The molecule has 0 saturated carbocycles. The maximum atomic E-state index is 12.2. The van der Waals surface area contributed by atoms with Gasteiger partial charge in [-0.3, -0.25) is 9.59 Å². The van der Waals surface area contributed by atoms with Crippen LogP contribution in [-0.4, -0.2) is 24.5 Å². The van der Waals surface area contributed by atoms with Crippen LogP contribution >= 0.6 is 0 Å². The highest BCUT2D eigenvalue weighted by molar-refractivity contribution is 5.94. The molecule has 1 atom stereocenters. The van der Waals surface area contributed by atoms with Gasteiger partial charge in [-0.15, -0.1) is 0 Å². The van der Waals surface area contributed by atoms with Crippen LogP contribution in [0, 0.1) is 0 Å². The highest BCUT2D eigenvalue weighted by Crippen LogP contribution is 2.19. The summed E-state index contributed by atoms with van der Waals surface area (Å²) in [5.74, 6) is 0.512. The van der Waals surface area contributed by atoms with Gasteiger partial charge >= 0.3 is 0 Å². The average molecular weight is 369 g/mol. The van der Waals surface area contributed by atoms with E-state index >= 15 is 0 Å². The van der Waals surface area contributed by atoms with Gasteiger partial charge in [0.15, 0.2) is 0 Å². The van der Waals surface area contributed by atoms with Crippen molar-refractivity contribution >= 4 is 28.9 Å². The fourth-order valence-electron chi connectivity index (χ4n) is 2.31. The number of ether oxygens (including phenoxy) is 1. The Labute approximate surface area is 160 Å². The van der Waals surface area contributed by atoms with Gasteiger partial charge in [-0.2, -0.15) is 0 Å². The Hall–Kier alpha value is -3.02. The number of hydrogen-bond donors (Lipinski definition) is 3. The first-order valence-electron chi connectivity index (χ1n) is 9.20. The van der Waals surface area contributed by atoms with Crippen LogP contribution in [0.2, 0.25) is 0 Å². The van der Waals surface area contributed by atoms with Gasteiger partial charge in [-0.1, -0.05) is 26.0 Å². The van der Waals surface area contributed by atoms with Crippen LogP contribution in [0.5, 0.6) is 5.75 Å². The molecular weight excluding hydrogens is 342 g/mol. The Morgan fingerprint density at radius 1 is 0.926 bits per heavy atom. The lowest BCUT2D eigenvalue weighted by Crippen LogP contribution is -2.22. The molecular formula is C21H27N3O3. The zero-order valence-electron chi connectivity index (χ0n) is 16.0. The van der Waals surface area contributed by atoms with Crippen molar-refractivity contribution in [1.29, 1.82) is 0 Å². The van der Waals surface area contributed by atoms with E-state index in [2.05, 4.69) is 22.9 Å². The predicted molar refractivity (Wildman–Crippen MR) is 109 cm³/mol. The molecule has 2 aromatic carbocycles. The first-order chi connectivity index (χ1) is 13.0. The molecule has 2 aromatic rings. The lowest BCUT2D eigenvalue weighted by atomic mass is 10.2. The van der Waals surface area contributed by atoms with Crippen LogP contribution in [0.15, 0.2) is 48.5 Å². The molecule has 0 aliphatic heterocycles. The summed E-state index contributed by atoms with van der Waals surface area (Å²) in [5.41, 5.74) is 2.14. The van der Waals surface area contributed by atoms with Crippen LogP contribution in [0.25, 0.3) is 0 Å². The number of carbonyl (C=O) groups excluding carboxylic acids is 2. The summed E-state index contributed by atoms with van der Waals surface area (Å²) in [4.78, 5) is 23.7. The van der Waals surface area contributed by atoms with Crippen molar-refractivity contribution in [3.63, 3.8) is 0 Å². The summed E-state index contributed by atoms with van der Waals surface area (Å²) in [5, 5.41) is 8.70. The second kappa shape index (κ2) is 10.2. The molecule has 3 N–H and O–H groups in total. The van der Waals surface area contributed by atoms with Crippen LogP contribution in [0.1, 0.15) is 33.6 Å². The van der Waals surface area contributed by atoms with Crippen molar-refractivity contribution in [2.75, 3.05) is 22.5 Å². The van der Waals surface area contributed by atoms with Crippen LogP contribution in [-0.2, 0) is 9.59 Å². The minimum Gasteiger partial charge on any atom is -0.491 e. The van der Waals surface area contributed by atoms with E-state index in [0.29, 0.717) is 17.8 Å². The lowest BCUT2D eigenvalue weighted by molar-refractivity contribution is -0.116. The van der Waals surface area contributed by atoms with Gasteiger partial charge in [0, 0.05) is 29.5 Å². The molecule has 0 aliphatic rings. The minimum atomic E-state index is -0.168. The lowest BCUT2D eigenvalue weighted by Gasteiger charge is -2.14. The normalized spacial score (nSPS) is 11.4. The standard InChI is InChI=1S/C21H27N3O3/c1-4-15(3)27-19-11-7-10-18(13-19)24-21(26)14-22-16-8-6-9-17(12-16)23-20(25)5-2/h6-13,15,22H,4-5,14H2,1-3H3,(H,23,25)(H,24,26). The Morgan fingerprint density at radius 3 is 2.26 bits per heavy atom. The second-order valence-electron chi connectivity index (χ2n) is 6.25. The summed E-state index contributed by atoms with van der Waals surface area (Å²) >= 11 is 0. The third-order valence-electron chi connectivity index (χ3n) is 3.95. The molecule has 0 aliphatic carbocycles. The van der Waals surface area contributed by atoms with Crippen molar-refractivity contribution in [3.8, 4) is 5.75 Å².